The average molecular weight is 931 g/mol. The molecular weight excluding hydrogens is 844 g/mol. The van der Waals surface area contributed by atoms with E-state index in [1.165, 1.54) is 64.2 Å². The second-order valence-corrected chi connectivity index (χ2v) is 18.4. The van der Waals surface area contributed by atoms with Gasteiger partial charge in [0, 0.05) is 6.61 Å². The predicted octanol–water partition coefficient (Wildman–Crippen LogP) is 0.117. The summed E-state index contributed by atoms with van der Waals surface area (Å²) in [5.74, 6) is 0.168. The molecule has 3 aliphatic heterocycles. The molecule has 3 aliphatic rings. The van der Waals surface area contributed by atoms with Crippen LogP contribution in [0.1, 0.15) is 129 Å². The molecule has 12 N–H and O–H groups in total. The Morgan fingerprint density at radius 2 is 0.688 bits per heavy atom. The largest absolute Gasteiger partial charge is 0.394 e. The number of ether oxygens (including phenoxy) is 7. The molecule has 0 bridgehead atoms. The van der Waals surface area contributed by atoms with E-state index in [2.05, 4.69) is 13.8 Å². The third-order valence-corrected chi connectivity index (χ3v) is 12.9. The maximum Gasteiger partial charge on any atom is 0.186 e. The fourth-order valence-corrected chi connectivity index (χ4v) is 8.53. The monoisotopic (exact) mass is 931 g/mol. The zero-order chi connectivity index (χ0) is 47.1. The van der Waals surface area contributed by atoms with Crippen LogP contribution in [0, 0.1) is 11.3 Å². The van der Waals surface area contributed by atoms with E-state index >= 15 is 0 Å². The normalized spacial score (nSPS) is 34.6. The van der Waals surface area contributed by atoms with Gasteiger partial charge >= 0.3 is 0 Å². The van der Waals surface area contributed by atoms with Crippen molar-refractivity contribution in [2.75, 3.05) is 52.9 Å². The molecule has 0 radical (unpaired) electrons. The molecule has 3 saturated heterocycles. The van der Waals surface area contributed by atoms with E-state index in [9.17, 15) is 61.3 Å². The Balaban J connectivity index is 1.89. The van der Waals surface area contributed by atoms with Crippen molar-refractivity contribution in [2.45, 2.75) is 222 Å². The Labute approximate surface area is 379 Å². The van der Waals surface area contributed by atoms with E-state index < -0.39 is 137 Å². The van der Waals surface area contributed by atoms with Crippen LogP contribution in [-0.2, 0) is 33.2 Å². The summed E-state index contributed by atoms with van der Waals surface area (Å²) in [6.07, 6.45) is -3.92. The molecule has 3 rings (SSSR count). The van der Waals surface area contributed by atoms with E-state index in [0.717, 1.165) is 51.4 Å². The van der Waals surface area contributed by atoms with Gasteiger partial charge in [0.15, 0.2) is 18.9 Å². The summed E-state index contributed by atoms with van der Waals surface area (Å²) < 4.78 is 41.5. The summed E-state index contributed by atoms with van der Waals surface area (Å²) in [6, 6.07) is 0. The summed E-state index contributed by atoms with van der Waals surface area (Å²) in [4.78, 5) is 0. The van der Waals surface area contributed by atoms with Crippen LogP contribution in [0.5, 0.6) is 0 Å². The summed E-state index contributed by atoms with van der Waals surface area (Å²) in [7, 11) is 0. The van der Waals surface area contributed by atoms with E-state index in [0.29, 0.717) is 6.61 Å². The summed E-state index contributed by atoms with van der Waals surface area (Å²) in [6.45, 7) is 0.815. The molecule has 15 atom stereocenters. The molecule has 19 heteroatoms. The maximum absolute atomic E-state index is 10.9. The third-order valence-electron chi connectivity index (χ3n) is 12.9. The minimum Gasteiger partial charge on any atom is -0.394 e. The van der Waals surface area contributed by atoms with Crippen LogP contribution in [0.2, 0.25) is 0 Å². The van der Waals surface area contributed by atoms with Gasteiger partial charge in [0.1, 0.15) is 73.2 Å². The second kappa shape index (κ2) is 31.4. The SMILES string of the molecule is CCCCCCCCCCC(CCCCCCCCCC)COCC(CO[C@@H]1OC(CO)[C@@H](O)[C@H](O)C1O)(CO[C@@H]1OC(CO)[C@@H](O)[C@H](O)C1O)CO[C@@H]1OC(CO)[C@@H](O)[C@H](O)C1O. The standard InChI is InChI=1S/C45H86O19/c1-3-5-7-9-11-13-15-17-19-29(20-18-16-14-12-10-8-6-4-2)24-58-25-45(26-59-42-39(55)36(52)33(49)30(21-46)62-42,27-60-43-40(56)37(53)34(50)31(22-47)63-43)28-61-44-41(57)38(54)35(51)32(23-48)64-44/h29-44,46-57H,3-28H2,1-2H3/t30?,31?,32?,33-,34-,35-,36+,37+,38+,39?,40?,41?,42-,43-,44-,45?/m1/s1. The molecule has 19 nitrogen and oxygen atoms in total. The molecule has 3 heterocycles. The lowest BCUT2D eigenvalue weighted by molar-refractivity contribution is -0.332. The minimum absolute atomic E-state index is 0.168. The topological polar surface area (TPSA) is 307 Å². The van der Waals surface area contributed by atoms with Gasteiger partial charge in [-0.05, 0) is 18.8 Å². The van der Waals surface area contributed by atoms with Crippen LogP contribution in [0.3, 0.4) is 0 Å². The Morgan fingerprint density at radius 3 is 0.984 bits per heavy atom. The van der Waals surface area contributed by atoms with Gasteiger partial charge in [0.25, 0.3) is 0 Å². The highest BCUT2D eigenvalue weighted by Gasteiger charge is 2.49. The maximum atomic E-state index is 10.9. The van der Waals surface area contributed by atoms with Crippen molar-refractivity contribution in [3.8, 4) is 0 Å². The van der Waals surface area contributed by atoms with Gasteiger partial charge in [-0.2, -0.15) is 0 Å². The van der Waals surface area contributed by atoms with Crippen molar-refractivity contribution in [3.63, 3.8) is 0 Å². The summed E-state index contributed by atoms with van der Waals surface area (Å²) in [5, 5.41) is 125. The number of rotatable bonds is 34. The zero-order valence-corrected chi connectivity index (χ0v) is 38.3. The molecule has 3 fully saturated rings. The van der Waals surface area contributed by atoms with E-state index in [1.54, 1.807) is 0 Å². The number of aliphatic hydroxyl groups is 12. The van der Waals surface area contributed by atoms with Gasteiger partial charge in [-0.15, -0.1) is 0 Å². The van der Waals surface area contributed by atoms with Crippen molar-refractivity contribution in [2.24, 2.45) is 11.3 Å². The van der Waals surface area contributed by atoms with Crippen molar-refractivity contribution >= 4 is 0 Å². The van der Waals surface area contributed by atoms with Gasteiger partial charge < -0.3 is 94.4 Å². The van der Waals surface area contributed by atoms with Crippen molar-refractivity contribution in [3.05, 3.63) is 0 Å². The zero-order valence-electron chi connectivity index (χ0n) is 38.3. The first-order valence-electron chi connectivity index (χ1n) is 24.1. The Morgan fingerprint density at radius 1 is 0.391 bits per heavy atom. The first-order valence-corrected chi connectivity index (χ1v) is 24.1. The number of hydrogen-bond donors (Lipinski definition) is 12. The van der Waals surface area contributed by atoms with Crippen molar-refractivity contribution in [1.82, 2.24) is 0 Å². The first kappa shape index (κ1) is 57.6. The van der Waals surface area contributed by atoms with Gasteiger partial charge in [0.2, 0.25) is 0 Å². The van der Waals surface area contributed by atoms with Crippen LogP contribution < -0.4 is 0 Å². The molecule has 0 amide bonds. The van der Waals surface area contributed by atoms with E-state index in [4.69, 9.17) is 33.2 Å². The van der Waals surface area contributed by atoms with Crippen LogP contribution in [0.4, 0.5) is 0 Å². The Kier molecular flexibility index (Phi) is 28.2. The van der Waals surface area contributed by atoms with Crippen LogP contribution in [-0.4, -0.2) is 206 Å². The Bertz CT molecular complexity index is 1050. The smallest absolute Gasteiger partial charge is 0.186 e. The lowest BCUT2D eigenvalue weighted by Gasteiger charge is -2.44. The summed E-state index contributed by atoms with van der Waals surface area (Å²) >= 11 is 0. The molecule has 0 aromatic heterocycles. The molecule has 0 aromatic carbocycles. The van der Waals surface area contributed by atoms with Crippen molar-refractivity contribution < 1.29 is 94.4 Å². The number of aliphatic hydroxyl groups excluding tert-OH is 12. The van der Waals surface area contributed by atoms with Gasteiger partial charge in [0.05, 0.1) is 51.7 Å². The fourth-order valence-electron chi connectivity index (χ4n) is 8.53. The molecule has 380 valence electrons. The lowest BCUT2D eigenvalue weighted by atomic mass is 9.90. The van der Waals surface area contributed by atoms with Gasteiger partial charge in [-0.3, -0.25) is 0 Å². The van der Waals surface area contributed by atoms with E-state index in [-0.39, 0.29) is 12.5 Å². The molecule has 0 saturated carbocycles. The van der Waals surface area contributed by atoms with Gasteiger partial charge in [-0.1, -0.05) is 117 Å². The van der Waals surface area contributed by atoms with Crippen molar-refractivity contribution in [1.29, 1.82) is 0 Å². The molecular formula is C45H86O19. The highest BCUT2D eigenvalue weighted by molar-refractivity contribution is 4.93. The average Bonchev–Trinajstić information content (AvgIpc) is 3.29. The predicted molar refractivity (Wildman–Crippen MR) is 230 cm³/mol. The Hall–Kier alpha value is -0.760. The second-order valence-electron chi connectivity index (χ2n) is 18.4. The number of unbranched alkanes of at least 4 members (excludes halogenated alkanes) is 14. The molecule has 6 unspecified atom stereocenters. The first-order chi connectivity index (χ1) is 30.8. The van der Waals surface area contributed by atoms with Crippen LogP contribution in [0.25, 0.3) is 0 Å². The quantitative estimate of drug-likeness (QED) is 0.0382. The minimum atomic E-state index is -1.79. The summed E-state index contributed by atoms with van der Waals surface area (Å²) in [5.41, 5.74) is -1.54. The molecule has 0 spiro atoms. The fraction of sp³-hybridized carbons (Fsp3) is 1.00. The van der Waals surface area contributed by atoms with Gasteiger partial charge in [-0.25, -0.2) is 0 Å². The molecule has 0 aliphatic carbocycles. The molecule has 64 heavy (non-hydrogen) atoms. The van der Waals surface area contributed by atoms with E-state index in [1.807, 2.05) is 0 Å². The highest BCUT2D eigenvalue weighted by atomic mass is 16.7. The van der Waals surface area contributed by atoms with Crippen LogP contribution in [0.15, 0.2) is 0 Å². The third kappa shape index (κ3) is 18.3. The van der Waals surface area contributed by atoms with Crippen LogP contribution >= 0.6 is 0 Å². The number of hydrogen-bond acceptors (Lipinski definition) is 19. The molecule has 0 aromatic rings. The highest BCUT2D eigenvalue weighted by Crippen LogP contribution is 2.32. The lowest BCUT2D eigenvalue weighted by Crippen LogP contribution is -2.61.